The zero-order chi connectivity index (χ0) is 15.5. The van der Waals surface area contributed by atoms with Crippen molar-refractivity contribution in [1.82, 2.24) is 4.90 Å². The van der Waals surface area contributed by atoms with E-state index >= 15 is 0 Å². The summed E-state index contributed by atoms with van der Waals surface area (Å²) in [5.74, 6) is 1.24. The number of hydrogen-bond acceptors (Lipinski definition) is 2. The molecule has 1 aliphatic carbocycles. The average molecular weight is 346 g/mol. The zero-order valence-electron chi connectivity index (χ0n) is 13.2. The predicted octanol–water partition coefficient (Wildman–Crippen LogP) is 5.49. The molecule has 0 heterocycles. The smallest absolute Gasteiger partial charge is 0.0595 e. The van der Waals surface area contributed by atoms with E-state index in [0.717, 1.165) is 0 Å². The van der Waals surface area contributed by atoms with Gasteiger partial charge in [0.25, 0.3) is 0 Å². The summed E-state index contributed by atoms with van der Waals surface area (Å²) >= 11 is 14.3. The normalized spacial score (nSPS) is 18.6. The van der Waals surface area contributed by atoms with Crippen LogP contribution >= 0.6 is 35.0 Å². The summed E-state index contributed by atoms with van der Waals surface area (Å²) in [6, 6.07) is 6.80. The van der Waals surface area contributed by atoms with Crippen LogP contribution in [0.3, 0.4) is 0 Å². The first-order valence-electron chi connectivity index (χ1n) is 7.62. The van der Waals surface area contributed by atoms with Gasteiger partial charge >= 0.3 is 0 Å². The lowest BCUT2D eigenvalue weighted by Crippen LogP contribution is -2.52. The van der Waals surface area contributed by atoms with Crippen molar-refractivity contribution in [3.63, 3.8) is 0 Å². The Morgan fingerprint density at radius 1 is 1.24 bits per heavy atom. The van der Waals surface area contributed by atoms with E-state index in [1.165, 1.54) is 43.4 Å². The van der Waals surface area contributed by atoms with E-state index in [-0.39, 0.29) is 5.41 Å². The molecule has 0 saturated heterocycles. The molecule has 118 valence electrons. The fraction of sp³-hybridized carbons (Fsp3) is 0.647. The summed E-state index contributed by atoms with van der Waals surface area (Å²) in [5, 5.41) is 1.33. The second kappa shape index (κ2) is 7.59. The summed E-state index contributed by atoms with van der Waals surface area (Å²) in [5.41, 5.74) is 1.63. The molecule has 1 aromatic rings. The van der Waals surface area contributed by atoms with E-state index in [2.05, 4.69) is 37.4 Å². The van der Waals surface area contributed by atoms with Gasteiger partial charge in [-0.1, -0.05) is 35.7 Å². The molecule has 1 atom stereocenters. The van der Waals surface area contributed by atoms with Crippen molar-refractivity contribution in [2.45, 2.75) is 43.6 Å². The van der Waals surface area contributed by atoms with Gasteiger partial charge in [0, 0.05) is 11.5 Å². The number of hydrogen-bond donors (Lipinski definition) is 0. The third-order valence-electron chi connectivity index (χ3n) is 4.83. The molecule has 0 radical (unpaired) electrons. The fourth-order valence-corrected chi connectivity index (χ4v) is 4.38. The number of rotatable bonds is 7. The Bertz CT molecular complexity index is 472. The molecule has 0 N–H and O–H groups in total. The van der Waals surface area contributed by atoms with E-state index in [9.17, 15) is 0 Å². The van der Waals surface area contributed by atoms with Gasteiger partial charge in [-0.2, -0.15) is 11.8 Å². The van der Waals surface area contributed by atoms with Crippen LogP contribution in [0.15, 0.2) is 18.2 Å². The first-order valence-corrected chi connectivity index (χ1v) is 9.77. The number of thioether (sulfide) groups is 1. The van der Waals surface area contributed by atoms with Crippen LogP contribution in [0.2, 0.25) is 10.0 Å². The van der Waals surface area contributed by atoms with Crippen LogP contribution in [-0.2, 0) is 5.41 Å². The van der Waals surface area contributed by atoms with E-state index in [1.807, 2.05) is 17.8 Å². The first-order chi connectivity index (χ1) is 10.0. The van der Waals surface area contributed by atoms with Crippen molar-refractivity contribution in [3.05, 3.63) is 33.8 Å². The highest BCUT2D eigenvalue weighted by molar-refractivity contribution is 7.98. The lowest BCUT2D eigenvalue weighted by Gasteiger charge is -2.51. The molecular weight excluding hydrogens is 321 g/mol. The molecule has 0 bridgehead atoms. The summed E-state index contributed by atoms with van der Waals surface area (Å²) < 4.78 is 0. The van der Waals surface area contributed by atoms with E-state index in [1.54, 1.807) is 0 Å². The summed E-state index contributed by atoms with van der Waals surface area (Å²) in [6.07, 6.45) is 8.52. The SMILES string of the molecule is CSCCCC(N(C)C)C1(c2ccc(Cl)c(Cl)c2)CCC1. The molecular formula is C17H25Cl2NS. The minimum Gasteiger partial charge on any atom is -0.306 e. The molecule has 1 fully saturated rings. The van der Waals surface area contributed by atoms with Crippen molar-refractivity contribution in [1.29, 1.82) is 0 Å². The largest absolute Gasteiger partial charge is 0.306 e. The third kappa shape index (κ3) is 3.72. The lowest BCUT2D eigenvalue weighted by atomic mass is 9.59. The van der Waals surface area contributed by atoms with Crippen LogP contribution in [-0.4, -0.2) is 37.0 Å². The highest BCUT2D eigenvalue weighted by atomic mass is 35.5. The highest BCUT2D eigenvalue weighted by Gasteiger charge is 2.46. The van der Waals surface area contributed by atoms with Crippen LogP contribution in [0, 0.1) is 0 Å². The number of nitrogens with zero attached hydrogens (tertiary/aromatic N) is 1. The van der Waals surface area contributed by atoms with Gasteiger partial charge in [0.2, 0.25) is 0 Å². The van der Waals surface area contributed by atoms with E-state index < -0.39 is 0 Å². The summed E-state index contributed by atoms with van der Waals surface area (Å²) in [7, 11) is 4.42. The van der Waals surface area contributed by atoms with Crippen LogP contribution in [0.5, 0.6) is 0 Å². The average Bonchev–Trinajstić information content (AvgIpc) is 2.39. The monoisotopic (exact) mass is 345 g/mol. The van der Waals surface area contributed by atoms with Gasteiger partial charge in [-0.05, 0) is 69.5 Å². The zero-order valence-corrected chi connectivity index (χ0v) is 15.5. The van der Waals surface area contributed by atoms with E-state index in [0.29, 0.717) is 16.1 Å². The molecule has 1 aromatic carbocycles. The van der Waals surface area contributed by atoms with Crippen LogP contribution in [0.4, 0.5) is 0 Å². The molecule has 1 saturated carbocycles. The molecule has 2 rings (SSSR count). The first kappa shape index (κ1) is 17.5. The summed E-state index contributed by atoms with van der Waals surface area (Å²) in [4.78, 5) is 2.40. The molecule has 0 aliphatic heterocycles. The minimum atomic E-state index is 0.260. The van der Waals surface area contributed by atoms with Crippen molar-refractivity contribution in [3.8, 4) is 0 Å². The highest BCUT2D eigenvalue weighted by Crippen LogP contribution is 2.49. The van der Waals surface area contributed by atoms with Crippen LogP contribution in [0.25, 0.3) is 0 Å². The van der Waals surface area contributed by atoms with Gasteiger partial charge in [0.05, 0.1) is 10.0 Å². The molecule has 0 amide bonds. The Morgan fingerprint density at radius 3 is 2.43 bits per heavy atom. The van der Waals surface area contributed by atoms with Gasteiger partial charge in [0.1, 0.15) is 0 Å². The standard InChI is InChI=1S/C17H25Cl2NS/c1-20(2)16(6-4-11-21-3)17(9-5-10-17)13-7-8-14(18)15(19)12-13/h7-8,12,16H,4-6,9-11H2,1-3H3. The van der Waals surface area contributed by atoms with Gasteiger partial charge in [-0.3, -0.25) is 0 Å². The van der Waals surface area contributed by atoms with Crippen molar-refractivity contribution < 1.29 is 0 Å². The maximum absolute atomic E-state index is 6.26. The molecule has 0 aromatic heterocycles. The number of likely N-dealkylation sites (N-methyl/N-ethyl adjacent to an activating group) is 1. The second-order valence-electron chi connectivity index (χ2n) is 6.25. The maximum atomic E-state index is 6.26. The molecule has 1 aliphatic rings. The number of halogens is 2. The molecule has 21 heavy (non-hydrogen) atoms. The molecule has 0 spiro atoms. The maximum Gasteiger partial charge on any atom is 0.0595 e. The Balaban J connectivity index is 2.26. The molecule has 1 unspecified atom stereocenters. The van der Waals surface area contributed by atoms with Gasteiger partial charge in [-0.15, -0.1) is 0 Å². The Hall–Kier alpha value is 0.110. The Labute approximate surface area is 143 Å². The van der Waals surface area contributed by atoms with Crippen LogP contribution in [0.1, 0.15) is 37.7 Å². The molecule has 1 nitrogen and oxygen atoms in total. The third-order valence-corrected chi connectivity index (χ3v) is 6.26. The van der Waals surface area contributed by atoms with Gasteiger partial charge in [0.15, 0.2) is 0 Å². The summed E-state index contributed by atoms with van der Waals surface area (Å²) in [6.45, 7) is 0. The van der Waals surface area contributed by atoms with Gasteiger partial charge in [-0.25, -0.2) is 0 Å². The van der Waals surface area contributed by atoms with Crippen molar-refractivity contribution >= 4 is 35.0 Å². The quantitative estimate of drug-likeness (QED) is 0.601. The predicted molar refractivity (Wildman–Crippen MR) is 97.1 cm³/mol. The number of benzene rings is 1. The van der Waals surface area contributed by atoms with Crippen molar-refractivity contribution in [2.75, 3.05) is 26.1 Å². The fourth-order valence-electron chi connectivity index (χ4n) is 3.63. The topological polar surface area (TPSA) is 3.24 Å². The second-order valence-corrected chi connectivity index (χ2v) is 8.05. The lowest BCUT2D eigenvalue weighted by molar-refractivity contribution is 0.0897. The Kier molecular flexibility index (Phi) is 6.31. The Morgan fingerprint density at radius 2 is 1.95 bits per heavy atom. The minimum absolute atomic E-state index is 0.260. The van der Waals surface area contributed by atoms with E-state index in [4.69, 9.17) is 23.2 Å². The molecule has 4 heteroatoms. The van der Waals surface area contributed by atoms with Crippen LogP contribution < -0.4 is 0 Å². The van der Waals surface area contributed by atoms with Crippen molar-refractivity contribution in [2.24, 2.45) is 0 Å². The van der Waals surface area contributed by atoms with Gasteiger partial charge < -0.3 is 4.90 Å².